The molecular weight excluding hydrogens is 442 g/mol. The van der Waals surface area contributed by atoms with Crippen molar-refractivity contribution in [1.82, 2.24) is 4.98 Å². The summed E-state index contributed by atoms with van der Waals surface area (Å²) in [5.41, 5.74) is 0.493. The van der Waals surface area contributed by atoms with Gasteiger partial charge in [-0.15, -0.1) is 0 Å². The molecule has 2 aromatic rings. The van der Waals surface area contributed by atoms with Gasteiger partial charge in [0.2, 0.25) is 11.6 Å². The molecule has 8 nitrogen and oxygen atoms in total. The summed E-state index contributed by atoms with van der Waals surface area (Å²) in [4.78, 5) is 29.1. The van der Waals surface area contributed by atoms with Crippen LogP contribution in [0.2, 0.25) is 0 Å². The first-order valence-electron chi connectivity index (χ1n) is 11.1. The second kappa shape index (κ2) is 9.05. The molecule has 174 valence electrons. The molecule has 1 aromatic heterocycles. The van der Waals surface area contributed by atoms with Crippen LogP contribution in [-0.2, 0) is 14.6 Å². The zero-order valence-electron chi connectivity index (χ0n) is 18.4. The maximum absolute atomic E-state index is 13.6. The van der Waals surface area contributed by atoms with Gasteiger partial charge in [0.1, 0.15) is 10.6 Å². The van der Waals surface area contributed by atoms with Gasteiger partial charge in [0.05, 0.1) is 22.8 Å². The number of aromatic nitrogens is 1. The summed E-state index contributed by atoms with van der Waals surface area (Å²) in [7, 11) is -3.88. The fourth-order valence-electron chi connectivity index (χ4n) is 5.06. The molecule has 1 aromatic carbocycles. The van der Waals surface area contributed by atoms with Crippen molar-refractivity contribution in [3.05, 3.63) is 70.4 Å². The lowest BCUT2D eigenvalue weighted by Gasteiger charge is -2.37. The van der Waals surface area contributed by atoms with Crippen LogP contribution in [0.3, 0.4) is 0 Å². The minimum atomic E-state index is -3.88. The summed E-state index contributed by atoms with van der Waals surface area (Å²) in [6.45, 7) is 0. The number of anilines is 1. The summed E-state index contributed by atoms with van der Waals surface area (Å²) >= 11 is 0. The zero-order valence-corrected chi connectivity index (χ0v) is 19.3. The summed E-state index contributed by atoms with van der Waals surface area (Å²) in [6.07, 6.45) is 9.13. The van der Waals surface area contributed by atoms with Crippen LogP contribution < -0.4 is 5.32 Å². The highest BCUT2D eigenvalue weighted by Crippen LogP contribution is 2.43. The van der Waals surface area contributed by atoms with Crippen molar-refractivity contribution in [3.63, 3.8) is 0 Å². The lowest BCUT2D eigenvalue weighted by molar-refractivity contribution is -0.428. The number of carbonyl (C=O) groups excluding carboxylic acids is 1. The van der Waals surface area contributed by atoms with Crippen LogP contribution in [0.25, 0.3) is 10.9 Å². The molecule has 2 aliphatic rings. The van der Waals surface area contributed by atoms with Crippen molar-refractivity contribution in [3.8, 4) is 0 Å². The molecule has 1 N–H and O–H groups in total. The number of hydrogen-bond acceptors (Lipinski definition) is 6. The smallest absolute Gasteiger partial charge is 0.248 e. The molecule has 1 amide bonds. The summed E-state index contributed by atoms with van der Waals surface area (Å²) in [5, 5.41) is 15.2. The second-order valence-corrected chi connectivity index (χ2v) is 11.3. The summed E-state index contributed by atoms with van der Waals surface area (Å²) in [5.74, 6) is -0.945. The van der Waals surface area contributed by atoms with E-state index in [4.69, 9.17) is 0 Å². The van der Waals surface area contributed by atoms with Crippen molar-refractivity contribution < 1.29 is 18.1 Å². The Kier molecular flexibility index (Phi) is 6.34. The quantitative estimate of drug-likeness (QED) is 0.478. The lowest BCUT2D eigenvalue weighted by atomic mass is 9.78. The maximum atomic E-state index is 13.6. The largest absolute Gasteiger partial charge is 0.310 e. The molecule has 0 spiro atoms. The van der Waals surface area contributed by atoms with Crippen molar-refractivity contribution in [2.45, 2.75) is 43.3 Å². The summed E-state index contributed by atoms with van der Waals surface area (Å²) in [6, 6.07) is 11.0. The Morgan fingerprint density at radius 1 is 1.24 bits per heavy atom. The molecule has 2 unspecified atom stereocenters. The number of rotatable bonds is 7. The lowest BCUT2D eigenvalue weighted by Crippen LogP contribution is -2.50. The Bertz CT molecular complexity index is 1250. The van der Waals surface area contributed by atoms with E-state index in [1.54, 1.807) is 6.07 Å². The topological polar surface area (TPSA) is 119 Å². The maximum Gasteiger partial charge on any atom is 0.248 e. The summed E-state index contributed by atoms with van der Waals surface area (Å²) < 4.78 is 24.6. The van der Waals surface area contributed by atoms with Gasteiger partial charge in [0, 0.05) is 17.7 Å². The van der Waals surface area contributed by atoms with Crippen LogP contribution in [0.15, 0.2) is 60.3 Å². The van der Waals surface area contributed by atoms with Gasteiger partial charge < -0.3 is 5.32 Å². The Balaban J connectivity index is 1.72. The number of sulfone groups is 1. The van der Waals surface area contributed by atoms with Crippen molar-refractivity contribution in [2.75, 3.05) is 11.6 Å². The van der Waals surface area contributed by atoms with Crippen molar-refractivity contribution in [2.24, 2.45) is 11.8 Å². The van der Waals surface area contributed by atoms with E-state index >= 15 is 0 Å². The van der Waals surface area contributed by atoms with Gasteiger partial charge in [-0.1, -0.05) is 56.0 Å². The fourth-order valence-corrected chi connectivity index (χ4v) is 6.51. The number of pyridine rings is 1. The standard InChI is InChI=1S/C24H27N3O5S/c1-33(31,32)24(14-6-10-19(16-24)27(29)30)20(15-17-7-2-3-8-17)23(28)26-22-13-12-18-9-4-5-11-21(18)25-22/h4-6,9-14,17,20H,2-3,7-8,15-16H2,1H3,(H,25,26,28). The molecule has 0 saturated heterocycles. The number of benzene rings is 1. The molecule has 1 fully saturated rings. The number of allylic oxidation sites excluding steroid dienone is 3. The number of fused-ring (bicyclic) bond motifs is 1. The molecule has 2 atom stereocenters. The van der Waals surface area contributed by atoms with E-state index in [2.05, 4.69) is 10.3 Å². The van der Waals surface area contributed by atoms with Gasteiger partial charge >= 0.3 is 0 Å². The van der Waals surface area contributed by atoms with E-state index in [1.807, 2.05) is 30.3 Å². The van der Waals surface area contributed by atoms with E-state index < -0.39 is 31.3 Å². The van der Waals surface area contributed by atoms with Crippen LogP contribution in [0.1, 0.15) is 38.5 Å². The number of nitrogens with one attached hydrogen (secondary N) is 1. The molecule has 0 aliphatic heterocycles. The van der Waals surface area contributed by atoms with Crippen LogP contribution in [0.5, 0.6) is 0 Å². The van der Waals surface area contributed by atoms with Crippen LogP contribution >= 0.6 is 0 Å². The monoisotopic (exact) mass is 469 g/mol. The highest BCUT2D eigenvalue weighted by molar-refractivity contribution is 7.92. The number of nitro groups is 1. The Labute approximate surface area is 192 Å². The van der Waals surface area contributed by atoms with E-state index in [0.717, 1.165) is 37.3 Å². The Hall–Kier alpha value is -3.07. The van der Waals surface area contributed by atoms with Gasteiger partial charge in [-0.05, 0) is 30.5 Å². The molecule has 2 aliphatic carbocycles. The SMILES string of the molecule is CS(=O)(=O)C1(C(CC2CCCC2)C(=O)Nc2ccc3ccccc3n2)C=CC=C([N+](=O)[O-])C1. The first-order chi connectivity index (χ1) is 15.7. The van der Waals surface area contributed by atoms with Gasteiger partial charge in [0.25, 0.3) is 0 Å². The van der Waals surface area contributed by atoms with Crippen LogP contribution in [0.4, 0.5) is 5.82 Å². The number of para-hydroxylation sites is 1. The first kappa shape index (κ1) is 23.1. The highest BCUT2D eigenvalue weighted by atomic mass is 32.2. The number of nitrogens with zero attached hydrogens (tertiary/aromatic N) is 2. The van der Waals surface area contributed by atoms with Gasteiger partial charge in [-0.25, -0.2) is 13.4 Å². The normalized spacial score (nSPS) is 22.2. The average Bonchev–Trinajstić information content (AvgIpc) is 3.30. The van der Waals surface area contributed by atoms with E-state index in [-0.39, 0.29) is 18.0 Å². The Morgan fingerprint density at radius 2 is 1.97 bits per heavy atom. The molecular formula is C24H27N3O5S. The molecule has 4 rings (SSSR count). The van der Waals surface area contributed by atoms with Crippen LogP contribution in [0, 0.1) is 22.0 Å². The number of carbonyl (C=O) groups is 1. The molecule has 9 heteroatoms. The zero-order chi connectivity index (χ0) is 23.6. The minimum Gasteiger partial charge on any atom is -0.310 e. The second-order valence-electron chi connectivity index (χ2n) is 9.00. The highest BCUT2D eigenvalue weighted by Gasteiger charge is 2.53. The van der Waals surface area contributed by atoms with Gasteiger partial charge in [-0.3, -0.25) is 14.9 Å². The molecule has 1 saturated carbocycles. The number of hydrogen-bond donors (Lipinski definition) is 1. The van der Waals surface area contributed by atoms with Gasteiger partial charge in [0.15, 0.2) is 9.84 Å². The molecule has 0 radical (unpaired) electrons. The van der Waals surface area contributed by atoms with Crippen LogP contribution in [-0.4, -0.2) is 35.2 Å². The minimum absolute atomic E-state index is 0.197. The third-order valence-corrected chi connectivity index (χ3v) is 8.79. The Morgan fingerprint density at radius 3 is 2.67 bits per heavy atom. The molecule has 33 heavy (non-hydrogen) atoms. The molecule has 1 heterocycles. The fraction of sp³-hybridized carbons (Fsp3) is 0.417. The predicted molar refractivity (Wildman–Crippen MR) is 127 cm³/mol. The first-order valence-corrected chi connectivity index (χ1v) is 13.0. The predicted octanol–water partition coefficient (Wildman–Crippen LogP) is 4.27. The molecule has 0 bridgehead atoms. The average molecular weight is 470 g/mol. The third-order valence-electron chi connectivity index (χ3n) is 6.85. The third kappa shape index (κ3) is 4.68. The van der Waals surface area contributed by atoms with E-state index in [9.17, 15) is 23.3 Å². The van der Waals surface area contributed by atoms with Crippen molar-refractivity contribution >= 4 is 32.5 Å². The van der Waals surface area contributed by atoms with E-state index in [1.165, 1.54) is 18.2 Å². The van der Waals surface area contributed by atoms with E-state index in [0.29, 0.717) is 17.8 Å². The van der Waals surface area contributed by atoms with Gasteiger partial charge in [-0.2, -0.15) is 0 Å². The number of amides is 1. The van der Waals surface area contributed by atoms with Crippen molar-refractivity contribution in [1.29, 1.82) is 0 Å².